The summed E-state index contributed by atoms with van der Waals surface area (Å²) in [7, 11) is 0. The number of anilines is 2. The van der Waals surface area contributed by atoms with Crippen LogP contribution >= 0.6 is 35.4 Å². The van der Waals surface area contributed by atoms with Crippen molar-refractivity contribution in [2.45, 2.75) is 25.9 Å². The molecular weight excluding hydrogens is 549 g/mol. The zero-order chi connectivity index (χ0) is 27.1. The highest BCUT2D eigenvalue weighted by Gasteiger charge is 2.42. The SMILES string of the molecule is Cc1cc([C@@H]2[C@@H](c3ccccn3)NC(=S)N2c2ccc(N3CCOCC3)cc2)c(C)n1-c1cccc(Cl)c1Cl. The summed E-state index contributed by atoms with van der Waals surface area (Å²) >= 11 is 19.0. The number of pyridine rings is 1. The number of rotatable bonds is 5. The first-order chi connectivity index (χ1) is 18.9. The smallest absolute Gasteiger partial charge is 0.174 e. The predicted molar refractivity (Wildman–Crippen MR) is 163 cm³/mol. The van der Waals surface area contributed by atoms with Crippen LogP contribution in [0.5, 0.6) is 0 Å². The quantitative estimate of drug-likeness (QED) is 0.263. The maximum Gasteiger partial charge on any atom is 0.174 e. The van der Waals surface area contributed by atoms with Crippen LogP contribution in [0, 0.1) is 13.8 Å². The van der Waals surface area contributed by atoms with E-state index in [0.717, 1.165) is 60.3 Å². The molecule has 0 aliphatic carbocycles. The van der Waals surface area contributed by atoms with Gasteiger partial charge in [-0.05, 0) is 86.2 Å². The molecule has 2 aliphatic rings. The van der Waals surface area contributed by atoms with Crippen molar-refractivity contribution < 1.29 is 4.74 Å². The third kappa shape index (κ3) is 4.78. The van der Waals surface area contributed by atoms with Crippen LogP contribution in [0.3, 0.4) is 0 Å². The van der Waals surface area contributed by atoms with E-state index in [0.29, 0.717) is 15.2 Å². The van der Waals surface area contributed by atoms with Crippen molar-refractivity contribution in [1.29, 1.82) is 0 Å². The van der Waals surface area contributed by atoms with Gasteiger partial charge < -0.3 is 24.4 Å². The lowest BCUT2D eigenvalue weighted by Gasteiger charge is -2.31. The van der Waals surface area contributed by atoms with Crippen LogP contribution in [0.15, 0.2) is 72.9 Å². The third-order valence-corrected chi connectivity index (χ3v) is 8.69. The molecule has 6 rings (SSSR count). The van der Waals surface area contributed by atoms with E-state index in [1.54, 1.807) is 6.07 Å². The molecule has 6 nitrogen and oxygen atoms in total. The van der Waals surface area contributed by atoms with Crippen molar-refractivity contribution in [2.75, 3.05) is 36.1 Å². The second-order valence-corrected chi connectivity index (χ2v) is 11.0. The minimum atomic E-state index is -0.138. The second-order valence-electron chi connectivity index (χ2n) is 9.85. The highest BCUT2D eigenvalue weighted by atomic mass is 35.5. The van der Waals surface area contributed by atoms with Crippen LogP contribution < -0.4 is 15.1 Å². The number of hydrogen-bond acceptors (Lipinski definition) is 4. The Hall–Kier alpha value is -3.10. The highest BCUT2D eigenvalue weighted by Crippen LogP contribution is 2.44. The van der Waals surface area contributed by atoms with Crippen LogP contribution in [0.1, 0.15) is 34.7 Å². The van der Waals surface area contributed by atoms with E-state index in [9.17, 15) is 0 Å². The summed E-state index contributed by atoms with van der Waals surface area (Å²) in [4.78, 5) is 9.27. The Morgan fingerprint density at radius 2 is 1.69 bits per heavy atom. The summed E-state index contributed by atoms with van der Waals surface area (Å²) in [6, 6.07) is 22.3. The summed E-state index contributed by atoms with van der Waals surface area (Å²) in [6.45, 7) is 7.50. The molecule has 4 aromatic rings. The van der Waals surface area contributed by atoms with Gasteiger partial charge in [0.05, 0.1) is 46.7 Å². The fraction of sp³-hybridized carbons (Fsp3) is 0.267. The van der Waals surface area contributed by atoms with E-state index in [-0.39, 0.29) is 12.1 Å². The number of benzene rings is 2. The number of nitrogens with one attached hydrogen (secondary N) is 1. The number of aryl methyl sites for hydroxylation is 1. The molecule has 2 aliphatic heterocycles. The second kappa shape index (κ2) is 10.8. The van der Waals surface area contributed by atoms with Gasteiger partial charge in [0.25, 0.3) is 0 Å². The molecule has 39 heavy (non-hydrogen) atoms. The summed E-state index contributed by atoms with van der Waals surface area (Å²) in [5.74, 6) is 0. The fourth-order valence-corrected chi connectivity index (χ4v) is 6.44. The van der Waals surface area contributed by atoms with Gasteiger partial charge in [-0.25, -0.2) is 0 Å². The molecule has 1 N–H and O–H groups in total. The van der Waals surface area contributed by atoms with Crippen molar-refractivity contribution >= 4 is 51.9 Å². The van der Waals surface area contributed by atoms with E-state index >= 15 is 0 Å². The van der Waals surface area contributed by atoms with Gasteiger partial charge in [-0.3, -0.25) is 4.98 Å². The van der Waals surface area contributed by atoms with Crippen LogP contribution in [0.25, 0.3) is 5.69 Å². The highest BCUT2D eigenvalue weighted by molar-refractivity contribution is 7.80. The van der Waals surface area contributed by atoms with Gasteiger partial charge >= 0.3 is 0 Å². The van der Waals surface area contributed by atoms with Crippen LogP contribution in [0.4, 0.5) is 11.4 Å². The normalized spacial score (nSPS) is 19.4. The maximum atomic E-state index is 6.67. The Morgan fingerprint density at radius 3 is 2.41 bits per heavy atom. The van der Waals surface area contributed by atoms with Gasteiger partial charge in [0.2, 0.25) is 0 Å². The summed E-state index contributed by atoms with van der Waals surface area (Å²) in [5.41, 5.74) is 7.28. The average molecular weight is 579 g/mol. The number of aromatic nitrogens is 2. The number of nitrogens with zero attached hydrogens (tertiary/aromatic N) is 4. The first-order valence-corrected chi connectivity index (χ1v) is 14.2. The molecule has 0 unspecified atom stereocenters. The average Bonchev–Trinajstić information content (AvgIpc) is 3.46. The number of ether oxygens (including phenoxy) is 1. The predicted octanol–water partition coefficient (Wildman–Crippen LogP) is 6.81. The maximum absolute atomic E-state index is 6.67. The van der Waals surface area contributed by atoms with Gasteiger partial charge in [0.1, 0.15) is 0 Å². The molecule has 0 bridgehead atoms. The number of hydrogen-bond donors (Lipinski definition) is 1. The van der Waals surface area contributed by atoms with Gasteiger partial charge in [-0.15, -0.1) is 0 Å². The first kappa shape index (κ1) is 26.1. The Morgan fingerprint density at radius 1 is 0.949 bits per heavy atom. The minimum absolute atomic E-state index is 0.125. The molecule has 9 heteroatoms. The Balaban J connectivity index is 1.45. The standard InChI is InChI=1S/C30H29Cl2N5OS/c1-19-18-23(20(2)36(19)26-8-5-6-24(31)27(26)32)29-28(25-7-3-4-13-33-25)34-30(39)37(29)22-11-9-21(10-12-22)35-14-16-38-17-15-35/h3-13,18,28-29H,14-17H2,1-2H3,(H,34,39)/t28-,29-/m1/s1. The van der Waals surface area contributed by atoms with E-state index < -0.39 is 0 Å². The van der Waals surface area contributed by atoms with Crippen LogP contribution in [-0.2, 0) is 4.74 Å². The zero-order valence-electron chi connectivity index (χ0n) is 21.8. The summed E-state index contributed by atoms with van der Waals surface area (Å²) in [5, 5.41) is 5.30. The third-order valence-electron chi connectivity index (χ3n) is 7.56. The summed E-state index contributed by atoms with van der Waals surface area (Å²) in [6.07, 6.45) is 1.83. The van der Waals surface area contributed by atoms with Crippen molar-refractivity contribution in [3.63, 3.8) is 0 Å². The van der Waals surface area contributed by atoms with Crippen LogP contribution in [-0.4, -0.2) is 41.0 Å². The van der Waals surface area contributed by atoms with Crippen molar-refractivity contribution in [3.8, 4) is 5.69 Å². The molecular formula is C30H29Cl2N5OS. The number of halogens is 2. The lowest BCUT2D eigenvalue weighted by atomic mass is 9.96. The number of thiocarbonyl (C=S) groups is 1. The van der Waals surface area contributed by atoms with E-state index in [4.69, 9.17) is 45.1 Å². The van der Waals surface area contributed by atoms with E-state index in [1.165, 1.54) is 5.69 Å². The first-order valence-electron chi connectivity index (χ1n) is 13.0. The molecule has 2 atom stereocenters. The zero-order valence-corrected chi connectivity index (χ0v) is 24.1. The monoisotopic (exact) mass is 577 g/mol. The van der Waals surface area contributed by atoms with E-state index in [1.807, 2.05) is 36.5 Å². The molecule has 2 fully saturated rings. The minimum Gasteiger partial charge on any atom is -0.378 e. The van der Waals surface area contributed by atoms with Gasteiger partial charge in [0, 0.05) is 42.0 Å². The fourth-order valence-electron chi connectivity index (χ4n) is 5.72. The molecule has 200 valence electrons. The van der Waals surface area contributed by atoms with Crippen molar-refractivity contribution in [3.05, 3.63) is 106 Å². The lowest BCUT2D eigenvalue weighted by molar-refractivity contribution is 0.122. The molecule has 4 heterocycles. The van der Waals surface area contributed by atoms with E-state index in [2.05, 4.69) is 63.9 Å². The Kier molecular flexibility index (Phi) is 7.25. The topological polar surface area (TPSA) is 45.6 Å². The van der Waals surface area contributed by atoms with Gasteiger partial charge in [-0.2, -0.15) is 0 Å². The van der Waals surface area contributed by atoms with Crippen LogP contribution in [0.2, 0.25) is 10.0 Å². The molecule has 0 radical (unpaired) electrons. The molecule has 2 aromatic heterocycles. The van der Waals surface area contributed by atoms with Gasteiger partial charge in [-0.1, -0.05) is 35.3 Å². The molecule has 0 spiro atoms. The van der Waals surface area contributed by atoms with Crippen molar-refractivity contribution in [2.24, 2.45) is 0 Å². The Bertz CT molecular complexity index is 1500. The lowest BCUT2D eigenvalue weighted by Crippen LogP contribution is -2.36. The molecule has 2 saturated heterocycles. The number of morpholine rings is 1. The Labute approximate surface area is 244 Å². The van der Waals surface area contributed by atoms with Crippen molar-refractivity contribution in [1.82, 2.24) is 14.9 Å². The largest absolute Gasteiger partial charge is 0.378 e. The summed E-state index contributed by atoms with van der Waals surface area (Å²) < 4.78 is 7.69. The molecule has 0 amide bonds. The van der Waals surface area contributed by atoms with Gasteiger partial charge in [0.15, 0.2) is 5.11 Å². The molecule has 2 aromatic carbocycles. The molecule has 0 saturated carbocycles.